The van der Waals surface area contributed by atoms with Crippen molar-refractivity contribution in [1.82, 2.24) is 20.5 Å². The van der Waals surface area contributed by atoms with Crippen LogP contribution in [0.15, 0.2) is 35.1 Å². The van der Waals surface area contributed by atoms with Gasteiger partial charge in [0, 0.05) is 22.7 Å². The molecule has 1 fully saturated rings. The fraction of sp³-hybridized carbons (Fsp3) is 0.500. The second kappa shape index (κ2) is 6.02. The third-order valence-corrected chi connectivity index (χ3v) is 4.28. The first-order valence-electron chi connectivity index (χ1n) is 8.32. The number of rotatable bonds is 3. The Morgan fingerprint density at radius 1 is 1.04 bits per heavy atom. The monoisotopic (exact) mass is 327 g/mol. The van der Waals surface area contributed by atoms with E-state index in [-0.39, 0.29) is 22.7 Å². The molecule has 0 bridgehead atoms. The van der Waals surface area contributed by atoms with Gasteiger partial charge in [-0.3, -0.25) is 9.78 Å². The van der Waals surface area contributed by atoms with Crippen LogP contribution in [0.3, 0.4) is 0 Å². The Morgan fingerprint density at radius 3 is 2.25 bits per heavy atom. The van der Waals surface area contributed by atoms with Crippen LogP contribution in [-0.4, -0.2) is 32.3 Å². The van der Waals surface area contributed by atoms with E-state index in [9.17, 15) is 4.79 Å². The van der Waals surface area contributed by atoms with Crippen molar-refractivity contribution in [2.75, 3.05) is 5.32 Å². The smallest absolute Gasteiger partial charge is 0.279 e. The Morgan fingerprint density at radius 2 is 1.67 bits per heavy atom. The van der Waals surface area contributed by atoms with Crippen molar-refractivity contribution in [2.45, 2.75) is 57.7 Å². The second-order valence-electron chi connectivity index (χ2n) is 7.86. The molecule has 6 nitrogen and oxygen atoms in total. The number of nitrogens with zero attached hydrogens (tertiary/aromatic N) is 2. The Balaban J connectivity index is 1.79. The van der Waals surface area contributed by atoms with E-state index >= 15 is 0 Å². The minimum Gasteiger partial charge on any atom is -0.352 e. The minimum atomic E-state index is -0.230. The van der Waals surface area contributed by atoms with Gasteiger partial charge in [-0.1, -0.05) is 30.3 Å². The number of aromatic nitrogens is 3. The van der Waals surface area contributed by atoms with E-state index in [2.05, 4.69) is 53.5 Å². The summed E-state index contributed by atoms with van der Waals surface area (Å²) in [6.45, 7) is 8.76. The number of piperidine rings is 1. The Bertz CT molecular complexity index is 750. The molecule has 2 heterocycles. The average Bonchev–Trinajstić information content (AvgIpc) is 2.45. The van der Waals surface area contributed by atoms with E-state index in [4.69, 9.17) is 0 Å². The maximum Gasteiger partial charge on any atom is 0.279 e. The second-order valence-corrected chi connectivity index (χ2v) is 7.86. The molecule has 0 unspecified atom stereocenters. The summed E-state index contributed by atoms with van der Waals surface area (Å²) in [6, 6.07) is 9.59. The third-order valence-electron chi connectivity index (χ3n) is 4.28. The summed E-state index contributed by atoms with van der Waals surface area (Å²) >= 11 is 0. The van der Waals surface area contributed by atoms with Gasteiger partial charge < -0.3 is 10.6 Å². The minimum absolute atomic E-state index is 0.0249. The summed E-state index contributed by atoms with van der Waals surface area (Å²) in [5, 5.41) is 15.3. The third kappa shape index (κ3) is 3.82. The molecule has 0 saturated carbocycles. The maximum atomic E-state index is 12.3. The van der Waals surface area contributed by atoms with Crippen LogP contribution in [0.25, 0.3) is 11.3 Å². The van der Waals surface area contributed by atoms with E-state index in [1.807, 2.05) is 30.3 Å². The highest BCUT2D eigenvalue weighted by Crippen LogP contribution is 2.29. The molecular formula is C18H25N5O. The zero-order chi connectivity index (χ0) is 17.4. The lowest BCUT2D eigenvalue weighted by Gasteiger charge is -2.46. The van der Waals surface area contributed by atoms with Gasteiger partial charge in [0.25, 0.3) is 5.56 Å². The molecule has 3 rings (SSSR count). The van der Waals surface area contributed by atoms with Crippen LogP contribution in [0.1, 0.15) is 40.5 Å². The predicted octanol–water partition coefficient (Wildman–Crippen LogP) is 2.55. The standard InChI is InChI=1S/C18H25N5O/c1-17(2)10-13(11-18(3,4)23-17)19-16-20-15(24)14(21-22-16)12-8-6-5-7-9-12/h5-9,13,23H,10-11H2,1-4H3,(H2,19,20,22,24). The molecule has 6 heteroatoms. The lowest BCUT2D eigenvalue weighted by Crippen LogP contribution is -2.60. The fourth-order valence-corrected chi connectivity index (χ4v) is 3.80. The Labute approximate surface area is 142 Å². The summed E-state index contributed by atoms with van der Waals surface area (Å²) in [6.07, 6.45) is 1.89. The van der Waals surface area contributed by atoms with E-state index in [1.165, 1.54) is 0 Å². The number of hydrogen-bond acceptors (Lipinski definition) is 5. The number of benzene rings is 1. The van der Waals surface area contributed by atoms with Gasteiger partial charge in [0.15, 0.2) is 5.69 Å². The quantitative estimate of drug-likeness (QED) is 0.807. The first-order valence-corrected chi connectivity index (χ1v) is 8.32. The van der Waals surface area contributed by atoms with Crippen LogP contribution in [0.4, 0.5) is 5.95 Å². The average molecular weight is 327 g/mol. The van der Waals surface area contributed by atoms with Gasteiger partial charge in [-0.05, 0) is 40.5 Å². The van der Waals surface area contributed by atoms with E-state index < -0.39 is 0 Å². The number of H-pyrrole nitrogens is 1. The number of aromatic amines is 1. The fourth-order valence-electron chi connectivity index (χ4n) is 3.80. The molecule has 1 aliphatic heterocycles. The summed E-state index contributed by atoms with van der Waals surface area (Å²) < 4.78 is 0. The lowest BCUT2D eigenvalue weighted by atomic mass is 9.80. The number of hydrogen-bond donors (Lipinski definition) is 3. The van der Waals surface area contributed by atoms with Gasteiger partial charge in [-0.25, -0.2) is 0 Å². The SMILES string of the molecule is CC1(C)CC(Nc2nnc(-c3ccccc3)c(=O)[nH]2)CC(C)(C)N1. The first kappa shape index (κ1) is 16.6. The van der Waals surface area contributed by atoms with Gasteiger partial charge in [-0.15, -0.1) is 10.2 Å². The van der Waals surface area contributed by atoms with Crippen molar-refractivity contribution >= 4 is 5.95 Å². The van der Waals surface area contributed by atoms with E-state index in [0.717, 1.165) is 18.4 Å². The summed E-state index contributed by atoms with van der Waals surface area (Å²) in [5.41, 5.74) is 0.925. The van der Waals surface area contributed by atoms with Crippen molar-refractivity contribution in [3.63, 3.8) is 0 Å². The zero-order valence-electron chi connectivity index (χ0n) is 14.7. The normalized spacial score (nSPS) is 19.8. The zero-order valence-corrected chi connectivity index (χ0v) is 14.7. The molecule has 2 aromatic rings. The summed E-state index contributed by atoms with van der Waals surface area (Å²) in [5.74, 6) is 0.429. The molecule has 1 saturated heterocycles. The molecule has 0 atom stereocenters. The molecule has 1 aromatic carbocycles. The molecule has 1 aliphatic rings. The number of nitrogens with one attached hydrogen (secondary N) is 3. The predicted molar refractivity (Wildman–Crippen MR) is 96.0 cm³/mol. The van der Waals surface area contributed by atoms with Gasteiger partial charge in [0.2, 0.25) is 5.95 Å². The van der Waals surface area contributed by atoms with Crippen molar-refractivity contribution in [3.8, 4) is 11.3 Å². The Hall–Kier alpha value is -2.21. The molecule has 128 valence electrons. The van der Waals surface area contributed by atoms with Crippen LogP contribution in [0, 0.1) is 0 Å². The van der Waals surface area contributed by atoms with Crippen LogP contribution >= 0.6 is 0 Å². The molecule has 0 aliphatic carbocycles. The summed E-state index contributed by atoms with van der Waals surface area (Å²) in [7, 11) is 0. The molecule has 1 aromatic heterocycles. The van der Waals surface area contributed by atoms with Gasteiger partial charge in [-0.2, -0.15) is 0 Å². The van der Waals surface area contributed by atoms with Gasteiger partial charge >= 0.3 is 0 Å². The lowest BCUT2D eigenvalue weighted by molar-refractivity contribution is 0.170. The largest absolute Gasteiger partial charge is 0.352 e. The number of anilines is 1. The first-order chi connectivity index (χ1) is 11.2. The van der Waals surface area contributed by atoms with E-state index in [1.54, 1.807) is 0 Å². The summed E-state index contributed by atoms with van der Waals surface area (Å²) in [4.78, 5) is 15.1. The molecule has 0 amide bonds. The van der Waals surface area contributed by atoms with Crippen molar-refractivity contribution < 1.29 is 0 Å². The van der Waals surface area contributed by atoms with Crippen LogP contribution in [0.2, 0.25) is 0 Å². The van der Waals surface area contributed by atoms with Crippen molar-refractivity contribution in [2.24, 2.45) is 0 Å². The molecular weight excluding hydrogens is 302 g/mol. The highest BCUT2D eigenvalue weighted by atomic mass is 16.1. The Kier molecular flexibility index (Phi) is 4.17. The molecule has 0 radical (unpaired) electrons. The van der Waals surface area contributed by atoms with E-state index in [0.29, 0.717) is 11.6 Å². The molecule has 0 spiro atoms. The molecule has 3 N–H and O–H groups in total. The topological polar surface area (TPSA) is 82.7 Å². The molecule has 24 heavy (non-hydrogen) atoms. The van der Waals surface area contributed by atoms with Gasteiger partial charge in [0.05, 0.1) is 0 Å². The highest BCUT2D eigenvalue weighted by Gasteiger charge is 2.37. The highest BCUT2D eigenvalue weighted by molar-refractivity contribution is 5.57. The van der Waals surface area contributed by atoms with Crippen LogP contribution < -0.4 is 16.2 Å². The van der Waals surface area contributed by atoms with Gasteiger partial charge in [0.1, 0.15) is 0 Å². The maximum absolute atomic E-state index is 12.3. The van der Waals surface area contributed by atoms with Crippen molar-refractivity contribution in [1.29, 1.82) is 0 Å². The van der Waals surface area contributed by atoms with Crippen molar-refractivity contribution in [3.05, 3.63) is 40.7 Å². The van der Waals surface area contributed by atoms with Crippen LogP contribution in [-0.2, 0) is 0 Å². The van der Waals surface area contributed by atoms with Crippen LogP contribution in [0.5, 0.6) is 0 Å².